The Morgan fingerprint density at radius 2 is 1.89 bits per heavy atom. The summed E-state index contributed by atoms with van der Waals surface area (Å²) >= 11 is 0.750. The van der Waals surface area contributed by atoms with Crippen molar-refractivity contribution in [2.75, 3.05) is 11.9 Å². The van der Waals surface area contributed by atoms with Crippen molar-refractivity contribution >= 4 is 34.5 Å². The minimum atomic E-state index is -0.506. The summed E-state index contributed by atoms with van der Waals surface area (Å²) in [5.74, 6) is -0.921. The van der Waals surface area contributed by atoms with Gasteiger partial charge in [-0.25, -0.2) is 0 Å². The molecule has 3 amide bonds. The Kier molecular flexibility index (Phi) is 9.41. The molecule has 1 aromatic rings. The number of imide groups is 1. The van der Waals surface area contributed by atoms with Gasteiger partial charge >= 0.3 is 0 Å². The highest BCUT2D eigenvalue weighted by Crippen LogP contribution is 2.28. The van der Waals surface area contributed by atoms with E-state index in [1.165, 1.54) is 5.57 Å². The van der Waals surface area contributed by atoms with Crippen molar-refractivity contribution in [2.45, 2.75) is 33.8 Å². The van der Waals surface area contributed by atoms with E-state index in [-0.39, 0.29) is 17.6 Å². The number of amides is 3. The minimum Gasteiger partial charge on any atom is -0.389 e. The van der Waals surface area contributed by atoms with Crippen molar-refractivity contribution < 1.29 is 19.5 Å². The minimum absolute atomic E-state index is 0.146. The van der Waals surface area contributed by atoms with Crippen LogP contribution in [0, 0.1) is 6.92 Å². The Morgan fingerprint density at radius 1 is 1.29 bits per heavy atom. The molecule has 1 heterocycles. The molecule has 2 N–H and O–H groups in total. The molecule has 7 heteroatoms. The van der Waals surface area contributed by atoms with Gasteiger partial charge in [0, 0.05) is 5.69 Å². The maximum absolute atomic E-state index is 11.8. The van der Waals surface area contributed by atoms with Crippen LogP contribution in [0.15, 0.2) is 59.6 Å². The quantitative estimate of drug-likeness (QED) is 0.574. The smallest absolute Gasteiger partial charge is 0.294 e. The molecule has 28 heavy (non-hydrogen) atoms. The monoisotopic (exact) mass is 402 g/mol. The predicted octanol–water partition coefficient (Wildman–Crippen LogP) is 4.03. The van der Waals surface area contributed by atoms with Crippen LogP contribution in [0.2, 0.25) is 0 Å². The van der Waals surface area contributed by atoms with Gasteiger partial charge in [0.05, 0.1) is 11.0 Å². The lowest BCUT2D eigenvalue weighted by atomic mass is 10.2. The SMILES string of the molecule is C=C1SC(=O)N(CC(=O)Nc2ccc(C)cc2)C1=O.CC(C)=C/C=C\C(C)O. The largest absolute Gasteiger partial charge is 0.389 e. The van der Waals surface area contributed by atoms with Gasteiger partial charge in [-0.2, -0.15) is 0 Å². The zero-order chi connectivity index (χ0) is 21.3. The Balaban J connectivity index is 0.000000370. The lowest BCUT2D eigenvalue weighted by Crippen LogP contribution is -2.36. The van der Waals surface area contributed by atoms with Gasteiger partial charge in [0.2, 0.25) is 5.91 Å². The Hall–Kier alpha value is -2.64. The van der Waals surface area contributed by atoms with Crippen LogP contribution in [0.25, 0.3) is 0 Å². The van der Waals surface area contributed by atoms with Crippen molar-refractivity contribution in [2.24, 2.45) is 0 Å². The van der Waals surface area contributed by atoms with Crippen LogP contribution < -0.4 is 5.32 Å². The number of hydrogen-bond acceptors (Lipinski definition) is 5. The number of anilines is 1. The second-order valence-corrected chi connectivity index (χ2v) is 7.51. The summed E-state index contributed by atoms with van der Waals surface area (Å²) in [7, 11) is 0. The number of aliphatic hydroxyl groups excluding tert-OH is 1. The van der Waals surface area contributed by atoms with Crippen LogP contribution >= 0.6 is 11.8 Å². The normalized spacial score (nSPS) is 14.6. The van der Waals surface area contributed by atoms with Crippen molar-refractivity contribution in [1.29, 1.82) is 0 Å². The third-order valence-electron chi connectivity index (χ3n) is 3.37. The first kappa shape index (κ1) is 23.4. The van der Waals surface area contributed by atoms with Crippen LogP contribution in [0.3, 0.4) is 0 Å². The molecule has 6 nitrogen and oxygen atoms in total. The maximum atomic E-state index is 11.8. The number of nitrogens with one attached hydrogen (secondary N) is 1. The van der Waals surface area contributed by atoms with Crippen molar-refractivity contribution in [3.63, 3.8) is 0 Å². The molecule has 0 aromatic heterocycles. The summed E-state index contributed by atoms with van der Waals surface area (Å²) in [5, 5.41) is 10.9. The van der Waals surface area contributed by atoms with E-state index in [2.05, 4.69) is 11.9 Å². The predicted molar refractivity (Wildman–Crippen MR) is 114 cm³/mol. The topological polar surface area (TPSA) is 86.7 Å². The Bertz CT molecular complexity index is 791. The van der Waals surface area contributed by atoms with Gasteiger partial charge in [0.25, 0.3) is 11.1 Å². The molecule has 150 valence electrons. The number of nitrogens with zero attached hydrogens (tertiary/aromatic N) is 1. The van der Waals surface area contributed by atoms with Gasteiger partial charge in [0.1, 0.15) is 6.54 Å². The Labute approximate surface area is 170 Å². The number of allylic oxidation sites excluding steroid dienone is 3. The molecule has 1 atom stereocenters. The average Bonchev–Trinajstić information content (AvgIpc) is 2.83. The summed E-state index contributed by atoms with van der Waals surface area (Å²) in [4.78, 5) is 35.8. The number of aliphatic hydroxyl groups is 1. The number of carbonyl (C=O) groups is 3. The lowest BCUT2D eigenvalue weighted by Gasteiger charge is -2.12. The fourth-order valence-electron chi connectivity index (χ4n) is 1.96. The van der Waals surface area contributed by atoms with Gasteiger partial charge in [0.15, 0.2) is 0 Å². The van der Waals surface area contributed by atoms with E-state index in [9.17, 15) is 14.4 Å². The molecule has 0 aliphatic carbocycles. The molecule has 1 aliphatic heterocycles. The molecule has 0 bridgehead atoms. The van der Waals surface area contributed by atoms with E-state index in [0.29, 0.717) is 5.69 Å². The van der Waals surface area contributed by atoms with Crippen LogP contribution in [-0.4, -0.2) is 39.7 Å². The van der Waals surface area contributed by atoms with Gasteiger partial charge < -0.3 is 10.4 Å². The molecule has 1 unspecified atom stereocenters. The second-order valence-electron chi connectivity index (χ2n) is 6.47. The second kappa shape index (κ2) is 11.3. The first-order valence-corrected chi connectivity index (χ1v) is 9.50. The summed E-state index contributed by atoms with van der Waals surface area (Å²) in [6, 6.07) is 7.24. The average molecular weight is 403 g/mol. The molecule has 1 saturated heterocycles. The Morgan fingerprint density at radius 3 is 2.36 bits per heavy atom. The summed E-state index contributed by atoms with van der Waals surface area (Å²) in [6.07, 6.45) is 5.24. The lowest BCUT2D eigenvalue weighted by molar-refractivity contribution is -0.127. The molecular weight excluding hydrogens is 376 g/mol. The molecule has 1 aliphatic rings. The summed E-state index contributed by atoms with van der Waals surface area (Å²) in [5.41, 5.74) is 2.95. The zero-order valence-corrected chi connectivity index (χ0v) is 17.4. The summed E-state index contributed by atoms with van der Waals surface area (Å²) in [6.45, 7) is 10.9. The van der Waals surface area contributed by atoms with Crippen LogP contribution in [0.5, 0.6) is 0 Å². The van der Waals surface area contributed by atoms with E-state index in [1.807, 2.05) is 45.1 Å². The number of carbonyl (C=O) groups excluding carboxylic acids is 3. The molecule has 1 fully saturated rings. The fourth-order valence-corrected chi connectivity index (χ4v) is 2.63. The standard InChI is InChI=1S/C13H12N2O3S.C8H14O/c1-8-3-5-10(6-4-8)14-11(16)7-15-12(17)9(2)19-13(15)18;1-7(2)5-4-6-8(3)9/h3-6H,2,7H2,1H3,(H,14,16);4-6,8-9H,1-3H3/b;6-4-. The number of benzene rings is 1. The molecule has 1 aromatic carbocycles. The summed E-state index contributed by atoms with van der Waals surface area (Å²) < 4.78 is 0. The molecule has 0 spiro atoms. The van der Waals surface area contributed by atoms with Gasteiger partial charge in [-0.05, 0) is 51.6 Å². The fraction of sp³-hybridized carbons (Fsp3) is 0.286. The van der Waals surface area contributed by atoms with Crippen molar-refractivity contribution in [1.82, 2.24) is 4.90 Å². The van der Waals surface area contributed by atoms with Crippen molar-refractivity contribution in [3.8, 4) is 0 Å². The van der Waals surface area contributed by atoms with Gasteiger partial charge in [-0.1, -0.05) is 48.1 Å². The highest BCUT2D eigenvalue weighted by atomic mass is 32.2. The number of thioether (sulfide) groups is 1. The van der Waals surface area contributed by atoms with E-state index in [1.54, 1.807) is 25.1 Å². The van der Waals surface area contributed by atoms with Crippen molar-refractivity contribution in [3.05, 3.63) is 65.1 Å². The van der Waals surface area contributed by atoms with E-state index < -0.39 is 17.1 Å². The molecular formula is C21H26N2O4S. The highest BCUT2D eigenvalue weighted by Gasteiger charge is 2.34. The highest BCUT2D eigenvalue weighted by molar-refractivity contribution is 8.18. The maximum Gasteiger partial charge on any atom is 0.294 e. The molecule has 0 radical (unpaired) electrons. The third kappa shape index (κ3) is 8.37. The zero-order valence-electron chi connectivity index (χ0n) is 16.6. The van der Waals surface area contributed by atoms with Crippen LogP contribution in [-0.2, 0) is 9.59 Å². The number of rotatable bonds is 5. The third-order valence-corrected chi connectivity index (χ3v) is 4.19. The van der Waals surface area contributed by atoms with E-state index >= 15 is 0 Å². The number of aryl methyl sites for hydroxylation is 1. The van der Waals surface area contributed by atoms with E-state index in [0.717, 1.165) is 22.2 Å². The molecule has 0 saturated carbocycles. The molecule has 2 rings (SSSR count). The first-order valence-electron chi connectivity index (χ1n) is 8.69. The number of hydrogen-bond donors (Lipinski definition) is 2. The van der Waals surface area contributed by atoms with Gasteiger partial charge in [-0.3, -0.25) is 19.3 Å². The van der Waals surface area contributed by atoms with E-state index in [4.69, 9.17) is 5.11 Å². The van der Waals surface area contributed by atoms with Gasteiger partial charge in [-0.15, -0.1) is 0 Å². The van der Waals surface area contributed by atoms with Crippen LogP contribution in [0.4, 0.5) is 10.5 Å². The first-order chi connectivity index (χ1) is 13.1. The van der Waals surface area contributed by atoms with Crippen LogP contribution in [0.1, 0.15) is 26.3 Å².